The van der Waals surface area contributed by atoms with Gasteiger partial charge in [0.15, 0.2) is 6.61 Å². The fourth-order valence-electron chi connectivity index (χ4n) is 2.38. The smallest absolute Gasteiger partial charge is 0.336 e. The van der Waals surface area contributed by atoms with E-state index in [0.717, 1.165) is 11.1 Å². The first kappa shape index (κ1) is 20.5. The third-order valence-corrected chi connectivity index (χ3v) is 3.83. The Labute approximate surface area is 174 Å². The third kappa shape index (κ3) is 7.09. The second kappa shape index (κ2) is 11.0. The van der Waals surface area contributed by atoms with Crippen molar-refractivity contribution in [2.24, 2.45) is 5.10 Å². The number of esters is 1. The van der Waals surface area contributed by atoms with Gasteiger partial charge >= 0.3 is 5.97 Å². The lowest BCUT2D eigenvalue weighted by Crippen LogP contribution is -2.24. The van der Waals surface area contributed by atoms with Gasteiger partial charge in [-0.15, -0.1) is 0 Å². The number of para-hydroxylation sites is 1. The van der Waals surface area contributed by atoms with Crippen molar-refractivity contribution in [3.8, 4) is 11.5 Å². The van der Waals surface area contributed by atoms with E-state index in [1.165, 1.54) is 12.3 Å². The summed E-state index contributed by atoms with van der Waals surface area (Å²) in [5.41, 5.74) is 4.04. The van der Waals surface area contributed by atoms with Gasteiger partial charge < -0.3 is 9.47 Å². The highest BCUT2D eigenvalue weighted by atomic mass is 16.5. The minimum Gasteiger partial charge on any atom is -0.484 e. The van der Waals surface area contributed by atoms with Crippen molar-refractivity contribution in [1.29, 1.82) is 0 Å². The van der Waals surface area contributed by atoms with E-state index in [2.05, 4.69) is 10.5 Å². The van der Waals surface area contributed by atoms with Gasteiger partial charge in [0.2, 0.25) is 0 Å². The van der Waals surface area contributed by atoms with Crippen molar-refractivity contribution < 1.29 is 19.1 Å². The number of carbonyl (C=O) groups is 2. The van der Waals surface area contributed by atoms with Crippen molar-refractivity contribution in [2.75, 3.05) is 6.61 Å². The maximum absolute atomic E-state index is 11.9. The number of nitrogens with zero attached hydrogens (tertiary/aromatic N) is 1. The quantitative estimate of drug-likeness (QED) is 0.205. The molecule has 3 aromatic rings. The summed E-state index contributed by atoms with van der Waals surface area (Å²) in [6.07, 6.45) is 4.55. The molecule has 30 heavy (non-hydrogen) atoms. The molecule has 0 saturated carbocycles. The lowest BCUT2D eigenvalue weighted by atomic mass is 10.2. The molecule has 1 N–H and O–H groups in total. The largest absolute Gasteiger partial charge is 0.484 e. The molecule has 0 bridgehead atoms. The average molecular weight is 400 g/mol. The van der Waals surface area contributed by atoms with Gasteiger partial charge in [-0.05, 0) is 53.6 Å². The maximum atomic E-state index is 11.9. The van der Waals surface area contributed by atoms with Crippen LogP contribution in [0.5, 0.6) is 11.5 Å². The minimum atomic E-state index is -0.467. The highest BCUT2D eigenvalue weighted by Gasteiger charge is 2.02. The van der Waals surface area contributed by atoms with E-state index in [1.807, 2.05) is 48.5 Å². The van der Waals surface area contributed by atoms with Crippen LogP contribution in [0, 0.1) is 0 Å². The number of carbonyl (C=O) groups excluding carboxylic acids is 2. The molecule has 0 saturated heterocycles. The Morgan fingerprint density at radius 3 is 2.17 bits per heavy atom. The molecule has 6 heteroatoms. The zero-order chi connectivity index (χ0) is 21.0. The molecule has 0 fully saturated rings. The van der Waals surface area contributed by atoms with Crippen LogP contribution in [0.2, 0.25) is 0 Å². The highest BCUT2D eigenvalue weighted by Crippen LogP contribution is 2.12. The lowest BCUT2D eigenvalue weighted by molar-refractivity contribution is -0.129. The molecule has 3 aromatic carbocycles. The number of nitrogens with one attached hydrogen (secondary N) is 1. The van der Waals surface area contributed by atoms with Gasteiger partial charge in [-0.1, -0.05) is 48.5 Å². The number of ether oxygens (including phenoxy) is 2. The molecule has 0 spiro atoms. The van der Waals surface area contributed by atoms with Crippen LogP contribution in [0.3, 0.4) is 0 Å². The number of hydrogen-bond donors (Lipinski definition) is 1. The van der Waals surface area contributed by atoms with Crippen molar-refractivity contribution in [1.82, 2.24) is 5.43 Å². The van der Waals surface area contributed by atoms with Crippen molar-refractivity contribution >= 4 is 24.2 Å². The molecule has 0 atom stereocenters. The summed E-state index contributed by atoms with van der Waals surface area (Å²) in [5, 5.41) is 3.88. The van der Waals surface area contributed by atoms with Crippen molar-refractivity contribution in [2.45, 2.75) is 0 Å². The fourth-order valence-corrected chi connectivity index (χ4v) is 2.38. The number of benzene rings is 3. The van der Waals surface area contributed by atoms with E-state index in [1.54, 1.807) is 42.5 Å². The van der Waals surface area contributed by atoms with Gasteiger partial charge in [-0.2, -0.15) is 5.10 Å². The molecule has 0 radical (unpaired) electrons. The molecule has 0 aliphatic heterocycles. The van der Waals surface area contributed by atoms with Crippen LogP contribution in [0.1, 0.15) is 11.1 Å². The molecule has 150 valence electrons. The second-order valence-corrected chi connectivity index (χ2v) is 6.13. The van der Waals surface area contributed by atoms with Crippen LogP contribution in [0.25, 0.3) is 6.08 Å². The fraction of sp³-hybridized carbons (Fsp3) is 0.0417. The standard InChI is InChI=1S/C24H20N2O4/c27-23(18-29-21-9-5-2-6-10-21)26-25-17-20-11-14-22(15-12-20)30-24(28)16-13-19-7-3-1-4-8-19/h1-17H,18H2,(H,26,27). The summed E-state index contributed by atoms with van der Waals surface area (Å²) in [7, 11) is 0. The van der Waals surface area contributed by atoms with E-state index in [0.29, 0.717) is 11.5 Å². The molecule has 0 aromatic heterocycles. The average Bonchev–Trinajstić information content (AvgIpc) is 2.79. The Hall–Kier alpha value is -4.19. The van der Waals surface area contributed by atoms with E-state index >= 15 is 0 Å². The first-order chi connectivity index (χ1) is 14.7. The van der Waals surface area contributed by atoms with Crippen molar-refractivity contribution in [3.05, 3.63) is 102 Å². The summed E-state index contributed by atoms with van der Waals surface area (Å²) in [4.78, 5) is 23.6. The van der Waals surface area contributed by atoms with Gasteiger partial charge in [0.1, 0.15) is 11.5 Å². The zero-order valence-electron chi connectivity index (χ0n) is 16.1. The van der Waals surface area contributed by atoms with Gasteiger partial charge in [0.05, 0.1) is 6.21 Å². The Morgan fingerprint density at radius 1 is 0.800 bits per heavy atom. The Bertz CT molecular complexity index is 1010. The van der Waals surface area contributed by atoms with Gasteiger partial charge in [0.25, 0.3) is 5.91 Å². The summed E-state index contributed by atoms with van der Waals surface area (Å²) >= 11 is 0. The molecular weight excluding hydrogens is 380 g/mol. The molecular formula is C24H20N2O4. The van der Waals surface area contributed by atoms with E-state index < -0.39 is 5.97 Å². The summed E-state index contributed by atoms with van der Waals surface area (Å²) < 4.78 is 10.6. The Morgan fingerprint density at radius 2 is 1.47 bits per heavy atom. The van der Waals surface area contributed by atoms with Gasteiger partial charge in [-0.25, -0.2) is 10.2 Å². The first-order valence-electron chi connectivity index (χ1n) is 9.24. The van der Waals surface area contributed by atoms with Crippen LogP contribution < -0.4 is 14.9 Å². The number of hydrogen-bond acceptors (Lipinski definition) is 5. The van der Waals surface area contributed by atoms with E-state index in [-0.39, 0.29) is 12.5 Å². The summed E-state index contributed by atoms with van der Waals surface area (Å²) in [5.74, 6) is 0.187. The van der Waals surface area contributed by atoms with E-state index in [9.17, 15) is 9.59 Å². The van der Waals surface area contributed by atoms with Crippen molar-refractivity contribution in [3.63, 3.8) is 0 Å². The summed E-state index contributed by atoms with van der Waals surface area (Å²) in [6, 6.07) is 25.3. The maximum Gasteiger partial charge on any atom is 0.336 e. The molecule has 0 aliphatic carbocycles. The van der Waals surface area contributed by atoms with Crippen LogP contribution in [-0.2, 0) is 9.59 Å². The summed E-state index contributed by atoms with van der Waals surface area (Å²) in [6.45, 7) is -0.132. The predicted octanol–water partition coefficient (Wildman–Crippen LogP) is 3.83. The molecule has 0 aliphatic rings. The minimum absolute atomic E-state index is 0.132. The normalized spacial score (nSPS) is 10.8. The molecule has 1 amide bonds. The lowest BCUT2D eigenvalue weighted by Gasteiger charge is -2.04. The first-order valence-corrected chi connectivity index (χ1v) is 9.24. The highest BCUT2D eigenvalue weighted by molar-refractivity contribution is 5.89. The Kier molecular flexibility index (Phi) is 7.51. The number of hydrazone groups is 1. The van der Waals surface area contributed by atoms with Gasteiger partial charge in [0, 0.05) is 6.08 Å². The van der Waals surface area contributed by atoms with Crippen LogP contribution >= 0.6 is 0 Å². The predicted molar refractivity (Wildman–Crippen MR) is 115 cm³/mol. The molecule has 6 nitrogen and oxygen atoms in total. The number of rotatable bonds is 8. The molecule has 0 unspecified atom stereocenters. The van der Waals surface area contributed by atoms with Crippen LogP contribution in [0.15, 0.2) is 96.1 Å². The second-order valence-electron chi connectivity index (χ2n) is 6.13. The zero-order valence-corrected chi connectivity index (χ0v) is 16.1. The monoisotopic (exact) mass is 400 g/mol. The SMILES string of the molecule is O=C(COc1ccccc1)NN=Cc1ccc(OC(=O)C=Cc2ccccc2)cc1. The van der Waals surface area contributed by atoms with Crippen LogP contribution in [-0.4, -0.2) is 24.7 Å². The number of amides is 1. The van der Waals surface area contributed by atoms with E-state index in [4.69, 9.17) is 9.47 Å². The topological polar surface area (TPSA) is 77.0 Å². The third-order valence-electron chi connectivity index (χ3n) is 3.83. The van der Waals surface area contributed by atoms with Gasteiger partial charge in [-0.3, -0.25) is 4.79 Å². The Balaban J connectivity index is 1.43. The molecule has 0 heterocycles. The van der Waals surface area contributed by atoms with Crippen LogP contribution in [0.4, 0.5) is 0 Å². The molecule has 3 rings (SSSR count).